The fourth-order valence-corrected chi connectivity index (χ4v) is 1.49. The molecule has 1 rings (SSSR count). The van der Waals surface area contributed by atoms with E-state index in [-0.39, 0.29) is 28.9 Å². The molecular weight excluding hydrogens is 277 g/mol. The molecule has 0 heterocycles. The van der Waals surface area contributed by atoms with Gasteiger partial charge in [-0.15, -0.1) is 12.4 Å². The van der Waals surface area contributed by atoms with Crippen LogP contribution in [0.25, 0.3) is 0 Å². The van der Waals surface area contributed by atoms with E-state index in [2.05, 4.69) is 5.32 Å². The maximum atomic E-state index is 11.5. The summed E-state index contributed by atoms with van der Waals surface area (Å²) in [5.41, 5.74) is 11.4. The lowest BCUT2D eigenvalue weighted by atomic mass is 10.2. The Morgan fingerprint density at radius 2 is 2.06 bits per heavy atom. The van der Waals surface area contributed by atoms with E-state index in [1.54, 1.807) is 6.07 Å². The van der Waals surface area contributed by atoms with E-state index in [0.29, 0.717) is 12.1 Å². The fraction of sp³-hybridized carbons (Fsp3) is 0.273. The fourth-order valence-electron chi connectivity index (χ4n) is 1.21. The highest BCUT2D eigenvalue weighted by atomic mass is 35.5. The molecule has 0 spiro atoms. The Morgan fingerprint density at radius 3 is 2.50 bits per heavy atom. The third-order valence-electron chi connectivity index (χ3n) is 2.28. The van der Waals surface area contributed by atoms with Crippen molar-refractivity contribution in [2.45, 2.75) is 19.4 Å². The van der Waals surface area contributed by atoms with Gasteiger partial charge in [-0.05, 0) is 24.6 Å². The number of carbonyl (C=O) groups excluding carboxylic acids is 2. The first-order chi connectivity index (χ1) is 7.95. The zero-order valence-corrected chi connectivity index (χ0v) is 11.3. The Balaban J connectivity index is 0.00000289. The third kappa shape index (κ3) is 4.18. The third-order valence-corrected chi connectivity index (χ3v) is 2.59. The van der Waals surface area contributed by atoms with E-state index in [1.807, 2.05) is 6.92 Å². The second kappa shape index (κ2) is 7.20. The van der Waals surface area contributed by atoms with Crippen LogP contribution in [0, 0.1) is 0 Å². The molecule has 5 nitrogen and oxygen atoms in total. The Kier molecular flexibility index (Phi) is 6.68. The molecule has 0 aliphatic rings. The van der Waals surface area contributed by atoms with Crippen LogP contribution >= 0.6 is 24.0 Å². The number of amides is 2. The summed E-state index contributed by atoms with van der Waals surface area (Å²) >= 11 is 5.84. The van der Waals surface area contributed by atoms with Gasteiger partial charge in [0.15, 0.2) is 0 Å². The van der Waals surface area contributed by atoms with E-state index in [9.17, 15) is 9.59 Å². The van der Waals surface area contributed by atoms with Crippen molar-refractivity contribution < 1.29 is 9.59 Å². The van der Waals surface area contributed by atoms with Crippen molar-refractivity contribution >= 4 is 41.5 Å². The molecular formula is C11H15Cl2N3O2. The first-order valence-corrected chi connectivity index (χ1v) is 5.49. The number of nitrogens with two attached hydrogens (primary N) is 2. The first kappa shape index (κ1) is 16.7. The zero-order chi connectivity index (χ0) is 13.0. The molecule has 18 heavy (non-hydrogen) atoms. The van der Waals surface area contributed by atoms with Gasteiger partial charge in [-0.3, -0.25) is 9.59 Å². The van der Waals surface area contributed by atoms with E-state index >= 15 is 0 Å². The predicted octanol–water partition coefficient (Wildman–Crippen LogP) is 1.54. The molecule has 7 heteroatoms. The average molecular weight is 292 g/mol. The van der Waals surface area contributed by atoms with Crippen molar-refractivity contribution in [1.29, 1.82) is 0 Å². The van der Waals surface area contributed by atoms with Crippen LogP contribution in [0.4, 0.5) is 5.69 Å². The standard InChI is InChI=1S/C11H14ClN3O2.ClH/c1-2-9(13)11(17)15-6-3-4-7(10(14)16)8(12)5-6;/h3-5,9H,2,13H2,1H3,(H2,14,16)(H,15,17);1H/t9-;/m0./s1. The van der Waals surface area contributed by atoms with Crippen molar-refractivity contribution in [3.63, 3.8) is 0 Å². The lowest BCUT2D eigenvalue weighted by molar-refractivity contribution is -0.117. The van der Waals surface area contributed by atoms with Crippen LogP contribution in [-0.2, 0) is 4.79 Å². The molecule has 1 aromatic carbocycles. The van der Waals surface area contributed by atoms with Crippen LogP contribution in [0.2, 0.25) is 5.02 Å². The largest absolute Gasteiger partial charge is 0.366 e. The van der Waals surface area contributed by atoms with Gasteiger partial charge in [-0.1, -0.05) is 18.5 Å². The van der Waals surface area contributed by atoms with Gasteiger partial charge in [-0.25, -0.2) is 0 Å². The lowest BCUT2D eigenvalue weighted by Gasteiger charge is -2.10. The summed E-state index contributed by atoms with van der Waals surface area (Å²) in [5, 5.41) is 2.79. The Hall–Kier alpha value is -1.30. The highest BCUT2D eigenvalue weighted by Crippen LogP contribution is 2.20. The van der Waals surface area contributed by atoms with Gasteiger partial charge in [0.1, 0.15) is 0 Å². The van der Waals surface area contributed by atoms with Crippen molar-refractivity contribution in [1.82, 2.24) is 0 Å². The molecule has 0 radical (unpaired) electrons. The normalized spacial score (nSPS) is 11.3. The van der Waals surface area contributed by atoms with Crippen LogP contribution in [0.5, 0.6) is 0 Å². The van der Waals surface area contributed by atoms with Gasteiger partial charge in [0.25, 0.3) is 0 Å². The van der Waals surface area contributed by atoms with Gasteiger partial charge in [0.05, 0.1) is 16.6 Å². The monoisotopic (exact) mass is 291 g/mol. The lowest BCUT2D eigenvalue weighted by Crippen LogP contribution is -2.34. The average Bonchev–Trinajstić information content (AvgIpc) is 2.27. The van der Waals surface area contributed by atoms with Gasteiger partial charge in [-0.2, -0.15) is 0 Å². The molecule has 0 saturated carbocycles. The number of rotatable bonds is 4. The maximum absolute atomic E-state index is 11.5. The molecule has 5 N–H and O–H groups in total. The molecule has 0 bridgehead atoms. The maximum Gasteiger partial charge on any atom is 0.250 e. The second-order valence-electron chi connectivity index (χ2n) is 3.56. The number of halogens is 2. The number of anilines is 1. The van der Waals surface area contributed by atoms with Crippen molar-refractivity contribution in [2.75, 3.05) is 5.32 Å². The molecule has 1 atom stereocenters. The van der Waals surface area contributed by atoms with Crippen LogP contribution < -0.4 is 16.8 Å². The minimum atomic E-state index is -0.613. The Labute approximate surface area is 116 Å². The van der Waals surface area contributed by atoms with Crippen molar-refractivity contribution in [3.8, 4) is 0 Å². The van der Waals surface area contributed by atoms with E-state index in [4.69, 9.17) is 23.1 Å². The van der Waals surface area contributed by atoms with Crippen molar-refractivity contribution in [3.05, 3.63) is 28.8 Å². The summed E-state index contributed by atoms with van der Waals surface area (Å²) in [5.74, 6) is -0.909. The molecule has 0 aliphatic carbocycles. The molecule has 1 aromatic rings. The molecule has 0 unspecified atom stereocenters. The second-order valence-corrected chi connectivity index (χ2v) is 3.97. The molecule has 0 fully saturated rings. The summed E-state index contributed by atoms with van der Waals surface area (Å²) in [6.45, 7) is 1.81. The number of primary amides is 1. The SMILES string of the molecule is CC[C@H](N)C(=O)Nc1ccc(C(N)=O)c(Cl)c1.Cl. The van der Waals surface area contributed by atoms with E-state index < -0.39 is 11.9 Å². The quantitative estimate of drug-likeness (QED) is 0.785. The molecule has 0 saturated heterocycles. The molecule has 0 aliphatic heterocycles. The summed E-state index contributed by atoms with van der Waals surface area (Å²) in [6.07, 6.45) is 0.541. The predicted molar refractivity (Wildman–Crippen MR) is 74.1 cm³/mol. The highest BCUT2D eigenvalue weighted by Gasteiger charge is 2.12. The van der Waals surface area contributed by atoms with Crippen molar-refractivity contribution in [2.24, 2.45) is 11.5 Å². The van der Waals surface area contributed by atoms with E-state index in [0.717, 1.165) is 0 Å². The van der Waals surface area contributed by atoms with Crippen LogP contribution in [0.15, 0.2) is 18.2 Å². The number of hydrogen-bond acceptors (Lipinski definition) is 3. The zero-order valence-electron chi connectivity index (χ0n) is 9.77. The van der Waals surface area contributed by atoms with Gasteiger partial charge < -0.3 is 16.8 Å². The molecule has 2 amide bonds. The topological polar surface area (TPSA) is 98.2 Å². The molecule has 100 valence electrons. The van der Waals surface area contributed by atoms with E-state index in [1.165, 1.54) is 12.1 Å². The van der Waals surface area contributed by atoms with Gasteiger partial charge in [0.2, 0.25) is 11.8 Å². The summed E-state index contributed by atoms with van der Waals surface area (Å²) < 4.78 is 0. The number of carbonyl (C=O) groups is 2. The van der Waals surface area contributed by atoms with Gasteiger partial charge >= 0.3 is 0 Å². The minimum absolute atomic E-state index is 0. The number of nitrogens with one attached hydrogen (secondary N) is 1. The first-order valence-electron chi connectivity index (χ1n) is 5.11. The minimum Gasteiger partial charge on any atom is -0.366 e. The number of hydrogen-bond donors (Lipinski definition) is 3. The van der Waals surface area contributed by atoms with Crippen LogP contribution in [-0.4, -0.2) is 17.9 Å². The Bertz CT molecular complexity index is 452. The number of benzene rings is 1. The summed E-state index contributed by atoms with van der Waals surface area (Å²) in [6, 6.07) is 3.90. The summed E-state index contributed by atoms with van der Waals surface area (Å²) in [4.78, 5) is 22.4. The Morgan fingerprint density at radius 1 is 1.44 bits per heavy atom. The van der Waals surface area contributed by atoms with Crippen LogP contribution in [0.3, 0.4) is 0 Å². The smallest absolute Gasteiger partial charge is 0.250 e. The molecule has 0 aromatic heterocycles. The van der Waals surface area contributed by atoms with Crippen LogP contribution in [0.1, 0.15) is 23.7 Å². The van der Waals surface area contributed by atoms with Gasteiger partial charge in [0, 0.05) is 5.69 Å². The summed E-state index contributed by atoms with van der Waals surface area (Å²) in [7, 11) is 0. The highest BCUT2D eigenvalue weighted by molar-refractivity contribution is 6.34.